The number of rotatable bonds is 7. The molecule has 32 heavy (non-hydrogen) atoms. The molecule has 0 N–H and O–H groups in total. The van der Waals surface area contributed by atoms with Crippen molar-refractivity contribution in [2.75, 3.05) is 6.61 Å². The molecule has 166 valence electrons. The van der Waals surface area contributed by atoms with E-state index in [4.69, 9.17) is 14.7 Å². The molecule has 0 radical (unpaired) electrons. The molecular formula is C24H26N4O4. The molecule has 0 saturated heterocycles. The molecule has 0 unspecified atom stereocenters. The maximum atomic E-state index is 12.8. The maximum Gasteiger partial charge on any atom is 0.350 e. The van der Waals surface area contributed by atoms with E-state index in [1.54, 1.807) is 45.0 Å². The SMILES string of the molecule is CCOC(=O)C(C)(C)Oc1c(C)cc(Cn2ncn(-c3ccc(C#N)cc3)c2=O)cc1C. The third kappa shape index (κ3) is 4.72. The molecule has 3 rings (SSSR count). The molecule has 2 aromatic carbocycles. The normalized spacial score (nSPS) is 11.1. The van der Waals surface area contributed by atoms with Crippen LogP contribution in [0.5, 0.6) is 5.75 Å². The molecule has 0 fully saturated rings. The lowest BCUT2D eigenvalue weighted by Crippen LogP contribution is -2.40. The van der Waals surface area contributed by atoms with Gasteiger partial charge in [-0.15, -0.1) is 0 Å². The van der Waals surface area contributed by atoms with Gasteiger partial charge in [0.2, 0.25) is 0 Å². The predicted octanol–water partition coefficient (Wildman–Crippen LogP) is 3.29. The van der Waals surface area contributed by atoms with Crippen LogP contribution in [0.2, 0.25) is 0 Å². The summed E-state index contributed by atoms with van der Waals surface area (Å²) in [4.78, 5) is 25.0. The Labute approximate surface area is 186 Å². The smallest absolute Gasteiger partial charge is 0.350 e. The van der Waals surface area contributed by atoms with Crippen LogP contribution in [0.1, 0.15) is 43.0 Å². The van der Waals surface area contributed by atoms with Gasteiger partial charge in [0.15, 0.2) is 5.60 Å². The first-order valence-corrected chi connectivity index (χ1v) is 10.3. The number of ether oxygens (including phenoxy) is 2. The predicted molar refractivity (Wildman–Crippen MR) is 119 cm³/mol. The van der Waals surface area contributed by atoms with Gasteiger partial charge < -0.3 is 9.47 Å². The summed E-state index contributed by atoms with van der Waals surface area (Å²) < 4.78 is 13.9. The highest BCUT2D eigenvalue weighted by molar-refractivity contribution is 5.79. The first-order valence-electron chi connectivity index (χ1n) is 10.3. The summed E-state index contributed by atoms with van der Waals surface area (Å²) in [6.45, 7) is 9.46. The largest absolute Gasteiger partial charge is 0.476 e. The van der Waals surface area contributed by atoms with Crippen molar-refractivity contribution in [1.29, 1.82) is 5.26 Å². The van der Waals surface area contributed by atoms with Crippen molar-refractivity contribution >= 4 is 5.97 Å². The van der Waals surface area contributed by atoms with Gasteiger partial charge in [0, 0.05) is 0 Å². The molecule has 0 spiro atoms. The average molecular weight is 434 g/mol. The molecule has 0 bridgehead atoms. The Balaban J connectivity index is 1.83. The van der Waals surface area contributed by atoms with Gasteiger partial charge in [-0.05, 0) is 75.6 Å². The van der Waals surface area contributed by atoms with E-state index in [0.717, 1.165) is 16.7 Å². The van der Waals surface area contributed by atoms with Gasteiger partial charge in [-0.2, -0.15) is 10.4 Å². The second-order valence-electron chi connectivity index (χ2n) is 7.99. The van der Waals surface area contributed by atoms with E-state index in [1.807, 2.05) is 26.0 Å². The van der Waals surface area contributed by atoms with Gasteiger partial charge >= 0.3 is 11.7 Å². The van der Waals surface area contributed by atoms with Gasteiger partial charge in [0.05, 0.1) is 30.5 Å². The fourth-order valence-electron chi connectivity index (χ4n) is 3.39. The zero-order valence-electron chi connectivity index (χ0n) is 18.9. The van der Waals surface area contributed by atoms with Crippen molar-refractivity contribution in [3.8, 4) is 17.5 Å². The monoisotopic (exact) mass is 434 g/mol. The molecule has 3 aromatic rings. The molecule has 0 atom stereocenters. The van der Waals surface area contributed by atoms with Crippen LogP contribution in [-0.2, 0) is 16.1 Å². The van der Waals surface area contributed by atoms with Crippen molar-refractivity contribution in [3.63, 3.8) is 0 Å². The number of aryl methyl sites for hydroxylation is 2. The number of carbonyl (C=O) groups excluding carboxylic acids is 1. The topological polar surface area (TPSA) is 99.1 Å². The number of nitriles is 1. The minimum atomic E-state index is -1.12. The quantitative estimate of drug-likeness (QED) is 0.529. The lowest BCUT2D eigenvalue weighted by atomic mass is 10.0. The third-order valence-corrected chi connectivity index (χ3v) is 4.98. The standard InChI is InChI=1S/C24H26N4O4/c1-6-31-22(29)24(4,5)32-21-16(2)11-19(12-17(21)3)14-28-23(30)27(15-26-28)20-9-7-18(13-25)8-10-20/h7-12,15H,6,14H2,1-5H3. The van der Waals surface area contributed by atoms with Crippen LogP contribution in [0.3, 0.4) is 0 Å². The zero-order chi connectivity index (χ0) is 23.5. The third-order valence-electron chi connectivity index (χ3n) is 4.98. The molecule has 0 amide bonds. The number of esters is 1. The number of hydrogen-bond acceptors (Lipinski definition) is 6. The van der Waals surface area contributed by atoms with E-state index in [0.29, 0.717) is 17.0 Å². The molecule has 0 aliphatic heterocycles. The summed E-state index contributed by atoms with van der Waals surface area (Å²) >= 11 is 0. The van der Waals surface area contributed by atoms with Crippen molar-refractivity contribution in [2.45, 2.75) is 46.8 Å². The molecule has 0 saturated carbocycles. The molecular weight excluding hydrogens is 408 g/mol. The Morgan fingerprint density at radius 3 is 2.34 bits per heavy atom. The van der Waals surface area contributed by atoms with E-state index in [9.17, 15) is 9.59 Å². The van der Waals surface area contributed by atoms with E-state index < -0.39 is 11.6 Å². The maximum absolute atomic E-state index is 12.8. The van der Waals surface area contributed by atoms with E-state index >= 15 is 0 Å². The minimum absolute atomic E-state index is 0.283. The summed E-state index contributed by atoms with van der Waals surface area (Å²) in [7, 11) is 0. The highest BCUT2D eigenvalue weighted by Crippen LogP contribution is 2.29. The Morgan fingerprint density at radius 1 is 1.16 bits per heavy atom. The second kappa shape index (κ2) is 9.10. The number of hydrogen-bond donors (Lipinski definition) is 0. The van der Waals surface area contributed by atoms with Gasteiger partial charge in [-0.3, -0.25) is 0 Å². The summed E-state index contributed by atoms with van der Waals surface area (Å²) in [6, 6.07) is 12.6. The van der Waals surface area contributed by atoms with Crippen LogP contribution in [0.25, 0.3) is 5.69 Å². The Morgan fingerprint density at radius 2 is 1.78 bits per heavy atom. The first-order chi connectivity index (χ1) is 15.2. The first kappa shape index (κ1) is 22.8. The van der Waals surface area contributed by atoms with Gasteiger partial charge in [-0.1, -0.05) is 12.1 Å². The fraction of sp³-hybridized carbons (Fsp3) is 0.333. The van der Waals surface area contributed by atoms with Crippen LogP contribution < -0.4 is 10.4 Å². The van der Waals surface area contributed by atoms with Gasteiger partial charge in [-0.25, -0.2) is 18.8 Å². The average Bonchev–Trinajstić information content (AvgIpc) is 3.11. The van der Waals surface area contributed by atoms with Crippen molar-refractivity contribution in [1.82, 2.24) is 14.3 Å². The van der Waals surface area contributed by atoms with Crippen LogP contribution in [-0.4, -0.2) is 32.5 Å². The number of aromatic nitrogens is 3. The van der Waals surface area contributed by atoms with Crippen LogP contribution in [0, 0.1) is 25.2 Å². The number of nitrogens with zero attached hydrogens (tertiary/aromatic N) is 4. The zero-order valence-corrected chi connectivity index (χ0v) is 18.9. The van der Waals surface area contributed by atoms with Crippen LogP contribution in [0.15, 0.2) is 47.5 Å². The second-order valence-corrected chi connectivity index (χ2v) is 7.99. The summed E-state index contributed by atoms with van der Waals surface area (Å²) in [6.07, 6.45) is 1.46. The molecule has 0 aliphatic carbocycles. The van der Waals surface area contributed by atoms with E-state index in [1.165, 1.54) is 15.6 Å². The highest BCUT2D eigenvalue weighted by Gasteiger charge is 2.32. The lowest BCUT2D eigenvalue weighted by Gasteiger charge is -2.26. The van der Waals surface area contributed by atoms with Crippen molar-refractivity contribution in [3.05, 3.63) is 75.5 Å². The lowest BCUT2D eigenvalue weighted by molar-refractivity contribution is -0.158. The van der Waals surface area contributed by atoms with Crippen molar-refractivity contribution in [2.24, 2.45) is 0 Å². The van der Waals surface area contributed by atoms with Crippen LogP contribution >= 0.6 is 0 Å². The Kier molecular flexibility index (Phi) is 6.49. The minimum Gasteiger partial charge on any atom is -0.476 e. The summed E-state index contributed by atoms with van der Waals surface area (Å²) in [5, 5.41) is 13.2. The molecule has 0 aliphatic rings. The number of benzene rings is 2. The summed E-state index contributed by atoms with van der Waals surface area (Å²) in [5.74, 6) is 0.185. The molecule has 1 aromatic heterocycles. The molecule has 1 heterocycles. The van der Waals surface area contributed by atoms with E-state index in [-0.39, 0.29) is 18.8 Å². The summed E-state index contributed by atoms with van der Waals surface area (Å²) in [5.41, 5.74) is 2.33. The highest BCUT2D eigenvalue weighted by atomic mass is 16.6. The molecule has 8 nitrogen and oxygen atoms in total. The van der Waals surface area contributed by atoms with Crippen molar-refractivity contribution < 1.29 is 14.3 Å². The van der Waals surface area contributed by atoms with E-state index in [2.05, 4.69) is 11.2 Å². The van der Waals surface area contributed by atoms with Crippen LogP contribution in [0.4, 0.5) is 0 Å². The number of carbonyl (C=O) groups is 1. The Bertz CT molecular complexity index is 1210. The van der Waals surface area contributed by atoms with Gasteiger partial charge in [0.1, 0.15) is 12.1 Å². The Hall–Kier alpha value is -3.86. The molecule has 8 heteroatoms. The van der Waals surface area contributed by atoms with Gasteiger partial charge in [0.25, 0.3) is 0 Å². The fourth-order valence-corrected chi connectivity index (χ4v) is 3.39.